The smallest absolute Gasteiger partial charge is 0.194 e. The second kappa shape index (κ2) is 11.0. The number of likely N-dealkylation sites (tertiary alicyclic amines) is 1. The highest BCUT2D eigenvalue weighted by molar-refractivity contribution is 14.0. The van der Waals surface area contributed by atoms with Gasteiger partial charge in [-0.2, -0.15) is 5.10 Å². The maximum atomic E-state index is 5.44. The van der Waals surface area contributed by atoms with Gasteiger partial charge in [-0.15, -0.1) is 24.0 Å². The third-order valence-corrected chi connectivity index (χ3v) is 5.74. The summed E-state index contributed by atoms with van der Waals surface area (Å²) < 4.78 is 7.33. The van der Waals surface area contributed by atoms with E-state index in [0.29, 0.717) is 12.5 Å². The van der Waals surface area contributed by atoms with Crippen molar-refractivity contribution >= 4 is 35.6 Å². The molecule has 0 bridgehead atoms. The zero-order chi connectivity index (χ0) is 20.1. The monoisotopic (exact) mass is 524 g/mol. The normalized spacial score (nSPS) is 19.7. The van der Waals surface area contributed by atoms with Crippen LogP contribution in [0.3, 0.4) is 0 Å². The number of halogens is 1. The summed E-state index contributed by atoms with van der Waals surface area (Å²) in [6, 6.07) is 8.80. The summed E-state index contributed by atoms with van der Waals surface area (Å²) in [7, 11) is 1.98. The Morgan fingerprint density at radius 2 is 1.97 bits per heavy atom. The Balaban J connectivity index is 0.00000256. The summed E-state index contributed by atoms with van der Waals surface area (Å²) in [5.74, 6) is 1.54. The Kier molecular flexibility index (Phi) is 8.38. The van der Waals surface area contributed by atoms with Crippen LogP contribution in [0.2, 0.25) is 0 Å². The van der Waals surface area contributed by atoms with Crippen molar-refractivity contribution in [3.8, 4) is 0 Å². The Hall–Kier alpha value is -1.81. The molecule has 2 aliphatic rings. The summed E-state index contributed by atoms with van der Waals surface area (Å²) in [4.78, 5) is 9.67. The van der Waals surface area contributed by atoms with E-state index in [4.69, 9.17) is 9.73 Å². The van der Waals surface area contributed by atoms with Gasteiger partial charge < -0.3 is 19.9 Å². The molecule has 1 aromatic heterocycles. The fourth-order valence-corrected chi connectivity index (χ4v) is 4.10. The van der Waals surface area contributed by atoms with Gasteiger partial charge in [-0.05, 0) is 36.6 Å². The van der Waals surface area contributed by atoms with Crippen molar-refractivity contribution in [3.63, 3.8) is 0 Å². The Bertz CT molecular complexity index is 815. The van der Waals surface area contributed by atoms with Crippen molar-refractivity contribution in [1.29, 1.82) is 0 Å². The molecule has 0 radical (unpaired) electrons. The predicted molar refractivity (Wildman–Crippen MR) is 132 cm³/mol. The minimum atomic E-state index is 0. The van der Waals surface area contributed by atoms with Crippen LogP contribution < -0.4 is 10.2 Å². The van der Waals surface area contributed by atoms with Gasteiger partial charge in [-0.3, -0.25) is 4.68 Å². The summed E-state index contributed by atoms with van der Waals surface area (Å²) in [6.45, 7) is 9.28. The van der Waals surface area contributed by atoms with Crippen LogP contribution in [-0.2, 0) is 18.3 Å². The van der Waals surface area contributed by atoms with E-state index in [1.165, 1.54) is 16.8 Å². The molecule has 4 rings (SSSR count). The van der Waals surface area contributed by atoms with Gasteiger partial charge in [0, 0.05) is 57.6 Å². The molecule has 2 saturated heterocycles. The highest BCUT2D eigenvalue weighted by atomic mass is 127. The summed E-state index contributed by atoms with van der Waals surface area (Å²) in [6.07, 6.45) is 5.27. The molecule has 2 aliphatic heterocycles. The summed E-state index contributed by atoms with van der Waals surface area (Å²) in [5.41, 5.74) is 3.83. The molecule has 2 fully saturated rings. The fraction of sp³-hybridized carbons (Fsp3) is 0.545. The summed E-state index contributed by atoms with van der Waals surface area (Å²) >= 11 is 0. The molecule has 7 nitrogen and oxygen atoms in total. The Morgan fingerprint density at radius 3 is 2.63 bits per heavy atom. The highest BCUT2D eigenvalue weighted by Gasteiger charge is 2.26. The average molecular weight is 524 g/mol. The zero-order valence-electron chi connectivity index (χ0n) is 18.0. The molecule has 1 unspecified atom stereocenters. The third-order valence-electron chi connectivity index (χ3n) is 5.74. The second-order valence-electron chi connectivity index (χ2n) is 7.81. The molecule has 30 heavy (non-hydrogen) atoms. The molecule has 1 atom stereocenters. The lowest BCUT2D eigenvalue weighted by molar-refractivity contribution is 0.122. The molecule has 1 aromatic carbocycles. The molecular weight excluding hydrogens is 491 g/mol. The quantitative estimate of drug-likeness (QED) is 0.371. The van der Waals surface area contributed by atoms with Crippen molar-refractivity contribution in [2.45, 2.75) is 25.8 Å². The van der Waals surface area contributed by atoms with Crippen molar-refractivity contribution in [3.05, 3.63) is 47.8 Å². The van der Waals surface area contributed by atoms with E-state index >= 15 is 0 Å². The van der Waals surface area contributed by atoms with E-state index in [9.17, 15) is 0 Å². The minimum Gasteiger partial charge on any atom is -0.378 e. The number of aliphatic imine (C=N–C) groups is 1. The average Bonchev–Trinajstić information content (AvgIpc) is 3.41. The number of nitrogens with one attached hydrogen (secondary N) is 1. The van der Waals surface area contributed by atoms with Crippen molar-refractivity contribution in [2.75, 3.05) is 50.8 Å². The molecule has 3 heterocycles. The number of ether oxygens (including phenoxy) is 1. The van der Waals surface area contributed by atoms with Crippen LogP contribution in [0.1, 0.15) is 30.4 Å². The molecule has 0 spiro atoms. The fourth-order valence-electron chi connectivity index (χ4n) is 4.10. The van der Waals surface area contributed by atoms with Gasteiger partial charge in [-0.25, -0.2) is 4.99 Å². The van der Waals surface area contributed by atoms with E-state index < -0.39 is 0 Å². The van der Waals surface area contributed by atoms with E-state index in [0.717, 1.165) is 58.3 Å². The number of guanidine groups is 1. The standard InChI is InChI=1S/C22H32N6O.HI/c1-3-23-22(28-9-8-19(17-28)20-15-25-26(2)16-20)24-14-18-4-6-21(7-5-18)27-10-12-29-13-11-27;/h4-7,15-16,19H,3,8-14,17H2,1-2H3,(H,23,24);1H. The number of rotatable bonds is 5. The molecular formula is C22H33IN6O. The molecule has 0 amide bonds. The maximum absolute atomic E-state index is 5.44. The van der Waals surface area contributed by atoms with Crippen molar-refractivity contribution in [2.24, 2.45) is 12.0 Å². The van der Waals surface area contributed by atoms with Crippen LogP contribution in [0, 0.1) is 0 Å². The first kappa shape index (κ1) is 22.9. The number of nitrogens with zero attached hydrogens (tertiary/aromatic N) is 5. The molecule has 0 aliphatic carbocycles. The van der Waals surface area contributed by atoms with E-state index in [1.54, 1.807) is 0 Å². The maximum Gasteiger partial charge on any atom is 0.194 e. The number of anilines is 1. The van der Waals surface area contributed by atoms with Gasteiger partial charge in [0.1, 0.15) is 0 Å². The number of aryl methyl sites for hydroxylation is 1. The van der Waals surface area contributed by atoms with Crippen LogP contribution in [-0.4, -0.2) is 66.6 Å². The lowest BCUT2D eigenvalue weighted by Crippen LogP contribution is -2.40. The Labute approximate surface area is 196 Å². The Morgan fingerprint density at radius 1 is 1.20 bits per heavy atom. The minimum absolute atomic E-state index is 0. The first-order chi connectivity index (χ1) is 14.2. The molecule has 164 valence electrons. The number of morpholine rings is 1. The SMILES string of the molecule is CCNC(=NCc1ccc(N2CCOCC2)cc1)N1CCC(c2cnn(C)c2)C1.I. The van der Waals surface area contributed by atoms with Gasteiger partial charge >= 0.3 is 0 Å². The molecule has 8 heteroatoms. The largest absolute Gasteiger partial charge is 0.378 e. The number of hydrogen-bond acceptors (Lipinski definition) is 4. The van der Waals surface area contributed by atoms with E-state index in [1.807, 2.05) is 17.9 Å². The van der Waals surface area contributed by atoms with Crippen LogP contribution in [0.4, 0.5) is 5.69 Å². The lowest BCUT2D eigenvalue weighted by Gasteiger charge is -2.28. The third kappa shape index (κ3) is 5.66. The van der Waals surface area contributed by atoms with Gasteiger partial charge in [0.25, 0.3) is 0 Å². The zero-order valence-corrected chi connectivity index (χ0v) is 20.3. The van der Waals surface area contributed by atoms with Crippen molar-refractivity contribution in [1.82, 2.24) is 20.0 Å². The van der Waals surface area contributed by atoms with Crippen LogP contribution in [0.15, 0.2) is 41.7 Å². The highest BCUT2D eigenvalue weighted by Crippen LogP contribution is 2.26. The lowest BCUT2D eigenvalue weighted by atomic mass is 10.0. The number of hydrogen-bond donors (Lipinski definition) is 1. The van der Waals surface area contributed by atoms with Crippen LogP contribution in [0.5, 0.6) is 0 Å². The van der Waals surface area contributed by atoms with Gasteiger partial charge in [0.05, 0.1) is 26.0 Å². The first-order valence-corrected chi connectivity index (χ1v) is 10.7. The number of aromatic nitrogens is 2. The predicted octanol–water partition coefficient (Wildman–Crippen LogP) is 2.83. The van der Waals surface area contributed by atoms with Gasteiger partial charge in [0.15, 0.2) is 5.96 Å². The second-order valence-corrected chi connectivity index (χ2v) is 7.81. The van der Waals surface area contributed by atoms with E-state index in [2.05, 4.69) is 57.6 Å². The molecule has 2 aromatic rings. The van der Waals surface area contributed by atoms with E-state index in [-0.39, 0.29) is 24.0 Å². The molecule has 0 saturated carbocycles. The first-order valence-electron chi connectivity index (χ1n) is 10.7. The van der Waals surface area contributed by atoms with Gasteiger partial charge in [-0.1, -0.05) is 12.1 Å². The van der Waals surface area contributed by atoms with Gasteiger partial charge in [0.2, 0.25) is 0 Å². The molecule has 1 N–H and O–H groups in total. The van der Waals surface area contributed by atoms with Crippen molar-refractivity contribution < 1.29 is 4.74 Å². The van der Waals surface area contributed by atoms with Crippen LogP contribution >= 0.6 is 24.0 Å². The van der Waals surface area contributed by atoms with Crippen LogP contribution in [0.25, 0.3) is 0 Å². The summed E-state index contributed by atoms with van der Waals surface area (Å²) in [5, 5.41) is 7.79. The number of benzene rings is 1. The topological polar surface area (TPSA) is 57.9 Å².